The fourth-order valence-electron chi connectivity index (χ4n) is 1.25. The highest BCUT2D eigenvalue weighted by molar-refractivity contribution is 5.77. The lowest BCUT2D eigenvalue weighted by Crippen LogP contribution is -2.37. The summed E-state index contributed by atoms with van der Waals surface area (Å²) in [6.07, 6.45) is 1.01. The van der Waals surface area contributed by atoms with Gasteiger partial charge in [-0.25, -0.2) is 0 Å². The van der Waals surface area contributed by atoms with E-state index in [1.165, 1.54) is 0 Å². The van der Waals surface area contributed by atoms with Crippen molar-refractivity contribution in [3.63, 3.8) is 0 Å². The smallest absolute Gasteiger partial charge is 0.236 e. The lowest BCUT2D eigenvalue weighted by Gasteiger charge is -2.18. The fourth-order valence-corrected chi connectivity index (χ4v) is 1.25. The van der Waals surface area contributed by atoms with Gasteiger partial charge in [-0.15, -0.1) is 0 Å². The van der Waals surface area contributed by atoms with Gasteiger partial charge in [0.15, 0.2) is 0 Å². The highest BCUT2D eigenvalue weighted by Gasteiger charge is 2.07. The second kappa shape index (κ2) is 9.57. The van der Waals surface area contributed by atoms with Crippen molar-refractivity contribution in [2.45, 2.75) is 6.42 Å². The second-order valence-corrected chi connectivity index (χ2v) is 4.14. The Bertz CT molecular complexity index is 186. The number of carbonyl (C=O) groups is 1. The standard InChI is InChI=1S/C11H25N3O2/c1-13(2)7-5-8-14(3)11(15)10-12-6-9-16-4/h12H,5-10H2,1-4H3. The van der Waals surface area contributed by atoms with E-state index < -0.39 is 0 Å². The average molecular weight is 231 g/mol. The number of methoxy groups -OCH3 is 1. The molecule has 0 radical (unpaired) electrons. The van der Waals surface area contributed by atoms with Gasteiger partial charge in [0.2, 0.25) is 5.91 Å². The highest BCUT2D eigenvalue weighted by atomic mass is 16.5. The molecule has 0 fully saturated rings. The molecule has 0 aromatic carbocycles. The number of carbonyl (C=O) groups excluding carboxylic acids is 1. The molecule has 5 nitrogen and oxygen atoms in total. The van der Waals surface area contributed by atoms with Crippen LogP contribution in [0, 0.1) is 0 Å². The van der Waals surface area contributed by atoms with E-state index in [2.05, 4.69) is 10.2 Å². The molecule has 5 heteroatoms. The summed E-state index contributed by atoms with van der Waals surface area (Å²) in [4.78, 5) is 15.5. The Morgan fingerprint density at radius 1 is 1.25 bits per heavy atom. The number of amides is 1. The molecular formula is C11H25N3O2. The van der Waals surface area contributed by atoms with Crippen molar-refractivity contribution < 1.29 is 9.53 Å². The Labute approximate surface area is 98.7 Å². The molecule has 0 saturated heterocycles. The van der Waals surface area contributed by atoms with Crippen LogP contribution in [-0.4, -0.2) is 76.7 Å². The van der Waals surface area contributed by atoms with E-state index in [9.17, 15) is 4.79 Å². The van der Waals surface area contributed by atoms with Crippen molar-refractivity contribution in [1.29, 1.82) is 0 Å². The Hall–Kier alpha value is -0.650. The molecule has 96 valence electrons. The maximum Gasteiger partial charge on any atom is 0.236 e. The first kappa shape index (κ1) is 15.3. The molecule has 0 aliphatic heterocycles. The zero-order valence-electron chi connectivity index (χ0n) is 11.0. The van der Waals surface area contributed by atoms with Crippen LogP contribution in [0.5, 0.6) is 0 Å². The van der Waals surface area contributed by atoms with E-state index in [0.29, 0.717) is 19.7 Å². The fraction of sp³-hybridized carbons (Fsp3) is 0.909. The highest BCUT2D eigenvalue weighted by Crippen LogP contribution is 1.90. The molecule has 1 N–H and O–H groups in total. The molecule has 0 unspecified atom stereocenters. The zero-order valence-corrected chi connectivity index (χ0v) is 11.0. The summed E-state index contributed by atoms with van der Waals surface area (Å²) in [6, 6.07) is 0. The predicted octanol–water partition coefficient (Wildman–Crippen LogP) is -0.367. The van der Waals surface area contributed by atoms with Crippen molar-refractivity contribution in [3.05, 3.63) is 0 Å². The molecular weight excluding hydrogens is 206 g/mol. The van der Waals surface area contributed by atoms with Gasteiger partial charge in [0.05, 0.1) is 13.2 Å². The summed E-state index contributed by atoms with van der Waals surface area (Å²) in [7, 11) is 7.56. The first-order valence-corrected chi connectivity index (χ1v) is 5.66. The number of likely N-dealkylation sites (N-methyl/N-ethyl adjacent to an activating group) is 1. The average Bonchev–Trinajstić information content (AvgIpc) is 2.23. The van der Waals surface area contributed by atoms with Crippen molar-refractivity contribution in [2.75, 3.05) is 61.0 Å². The monoisotopic (exact) mass is 231 g/mol. The van der Waals surface area contributed by atoms with Crippen LogP contribution in [0.25, 0.3) is 0 Å². The van der Waals surface area contributed by atoms with Crippen LogP contribution in [0.1, 0.15) is 6.42 Å². The summed E-state index contributed by atoms with van der Waals surface area (Å²) in [6.45, 7) is 3.56. The number of hydrogen-bond donors (Lipinski definition) is 1. The van der Waals surface area contributed by atoms with E-state index in [4.69, 9.17) is 4.74 Å². The third kappa shape index (κ3) is 8.64. The largest absolute Gasteiger partial charge is 0.383 e. The normalized spacial score (nSPS) is 10.8. The molecule has 0 rings (SSSR count). The quantitative estimate of drug-likeness (QED) is 0.550. The minimum atomic E-state index is 0.134. The van der Waals surface area contributed by atoms with Gasteiger partial charge in [0, 0.05) is 27.2 Å². The molecule has 0 aromatic heterocycles. The molecule has 0 aromatic rings. The van der Waals surface area contributed by atoms with E-state index in [-0.39, 0.29) is 5.91 Å². The topological polar surface area (TPSA) is 44.8 Å². The minimum Gasteiger partial charge on any atom is -0.383 e. The number of ether oxygens (including phenoxy) is 1. The van der Waals surface area contributed by atoms with Crippen LogP contribution in [0.4, 0.5) is 0 Å². The molecule has 0 aliphatic rings. The van der Waals surface area contributed by atoms with Gasteiger partial charge in [-0.1, -0.05) is 0 Å². The molecule has 16 heavy (non-hydrogen) atoms. The van der Waals surface area contributed by atoms with Gasteiger partial charge < -0.3 is 19.9 Å². The molecule has 1 amide bonds. The molecule has 0 heterocycles. The summed E-state index contributed by atoms with van der Waals surface area (Å²) >= 11 is 0. The summed E-state index contributed by atoms with van der Waals surface area (Å²) in [5.74, 6) is 0.134. The van der Waals surface area contributed by atoms with E-state index >= 15 is 0 Å². The molecule has 0 spiro atoms. The van der Waals surface area contributed by atoms with Crippen LogP contribution >= 0.6 is 0 Å². The lowest BCUT2D eigenvalue weighted by atomic mass is 10.3. The van der Waals surface area contributed by atoms with Gasteiger partial charge in [0.1, 0.15) is 0 Å². The van der Waals surface area contributed by atoms with Crippen LogP contribution in [-0.2, 0) is 9.53 Å². The molecule has 0 saturated carbocycles. The summed E-state index contributed by atoms with van der Waals surface area (Å²) in [5.41, 5.74) is 0. The maximum absolute atomic E-state index is 11.6. The SMILES string of the molecule is COCCNCC(=O)N(C)CCCN(C)C. The van der Waals surface area contributed by atoms with E-state index in [1.54, 1.807) is 12.0 Å². The van der Waals surface area contributed by atoms with Crippen LogP contribution < -0.4 is 5.32 Å². The van der Waals surface area contributed by atoms with Crippen molar-refractivity contribution in [2.24, 2.45) is 0 Å². The third-order valence-corrected chi connectivity index (χ3v) is 2.28. The van der Waals surface area contributed by atoms with Crippen LogP contribution in [0.2, 0.25) is 0 Å². The number of rotatable bonds is 9. The van der Waals surface area contributed by atoms with Crippen LogP contribution in [0.3, 0.4) is 0 Å². The predicted molar refractivity (Wildman–Crippen MR) is 65.6 cm³/mol. The third-order valence-electron chi connectivity index (χ3n) is 2.28. The maximum atomic E-state index is 11.6. The van der Waals surface area contributed by atoms with Crippen molar-refractivity contribution in [3.8, 4) is 0 Å². The van der Waals surface area contributed by atoms with E-state index in [0.717, 1.165) is 19.5 Å². The second-order valence-electron chi connectivity index (χ2n) is 4.14. The van der Waals surface area contributed by atoms with Crippen LogP contribution in [0.15, 0.2) is 0 Å². The van der Waals surface area contributed by atoms with Gasteiger partial charge in [-0.05, 0) is 27.1 Å². The van der Waals surface area contributed by atoms with Crippen molar-refractivity contribution in [1.82, 2.24) is 15.1 Å². The van der Waals surface area contributed by atoms with Gasteiger partial charge in [-0.2, -0.15) is 0 Å². The lowest BCUT2D eigenvalue weighted by molar-refractivity contribution is -0.129. The molecule has 0 bridgehead atoms. The van der Waals surface area contributed by atoms with Gasteiger partial charge >= 0.3 is 0 Å². The first-order chi connectivity index (χ1) is 7.57. The Balaban J connectivity index is 3.49. The number of nitrogens with one attached hydrogen (secondary N) is 1. The van der Waals surface area contributed by atoms with Gasteiger partial charge in [0.25, 0.3) is 0 Å². The van der Waals surface area contributed by atoms with Crippen molar-refractivity contribution >= 4 is 5.91 Å². The summed E-state index contributed by atoms with van der Waals surface area (Å²) < 4.78 is 4.88. The van der Waals surface area contributed by atoms with Gasteiger partial charge in [-0.3, -0.25) is 4.79 Å². The number of nitrogens with zero attached hydrogens (tertiary/aromatic N) is 2. The Morgan fingerprint density at radius 2 is 1.94 bits per heavy atom. The zero-order chi connectivity index (χ0) is 12.4. The number of hydrogen-bond acceptors (Lipinski definition) is 4. The molecule has 0 atom stereocenters. The Morgan fingerprint density at radius 3 is 2.50 bits per heavy atom. The molecule has 0 aliphatic carbocycles. The first-order valence-electron chi connectivity index (χ1n) is 5.66. The summed E-state index contributed by atoms with van der Waals surface area (Å²) in [5, 5.41) is 3.04. The minimum absolute atomic E-state index is 0.134. The van der Waals surface area contributed by atoms with E-state index in [1.807, 2.05) is 21.1 Å². The Kier molecular flexibility index (Phi) is 9.18.